The first-order valence-corrected chi connectivity index (χ1v) is 12.5. The minimum atomic E-state index is -1.23. The fourth-order valence-corrected chi connectivity index (χ4v) is 4.19. The highest BCUT2D eigenvalue weighted by Gasteiger charge is 2.27. The fourth-order valence-electron chi connectivity index (χ4n) is 4.19. The number of amides is 1. The first-order valence-electron chi connectivity index (χ1n) is 12.5. The lowest BCUT2D eigenvalue weighted by atomic mass is 9.94. The van der Waals surface area contributed by atoms with Crippen LogP contribution >= 0.6 is 0 Å². The Morgan fingerprint density at radius 1 is 1.19 bits per heavy atom. The van der Waals surface area contributed by atoms with E-state index in [4.69, 9.17) is 9.47 Å². The van der Waals surface area contributed by atoms with Crippen molar-refractivity contribution in [2.75, 3.05) is 0 Å². The van der Waals surface area contributed by atoms with E-state index in [1.807, 2.05) is 26.8 Å². The molecule has 1 amide bonds. The molecule has 0 aromatic rings. The summed E-state index contributed by atoms with van der Waals surface area (Å²) in [7, 11) is 0. The number of hydrogen-bond acceptors (Lipinski definition) is 6. The number of hydrogen-bond donors (Lipinski definition) is 2. The predicted octanol–water partition coefficient (Wildman–Crippen LogP) is 4.55. The lowest BCUT2D eigenvalue weighted by Gasteiger charge is -2.30. The van der Waals surface area contributed by atoms with Gasteiger partial charge in [0.15, 0.2) is 6.10 Å². The number of esters is 1. The van der Waals surface area contributed by atoms with Gasteiger partial charge in [0, 0.05) is 25.3 Å². The zero-order chi connectivity index (χ0) is 26.5. The molecular weight excluding hydrogens is 458 g/mol. The Hall–Kier alpha value is -3.03. The third kappa shape index (κ3) is 11.1. The van der Waals surface area contributed by atoms with Crippen molar-refractivity contribution in [2.45, 2.75) is 90.3 Å². The average molecular weight is 498 g/mol. The average Bonchev–Trinajstić information content (AvgIpc) is 2.77. The summed E-state index contributed by atoms with van der Waals surface area (Å²) in [6, 6.07) is 0. The van der Waals surface area contributed by atoms with Crippen LogP contribution in [0.4, 0.5) is 0 Å². The number of rotatable bonds is 4. The Morgan fingerprint density at radius 3 is 2.72 bits per heavy atom. The molecule has 36 heavy (non-hydrogen) atoms. The van der Waals surface area contributed by atoms with Gasteiger partial charge in [0.05, 0.1) is 12.2 Å². The van der Waals surface area contributed by atoms with Gasteiger partial charge in [-0.2, -0.15) is 0 Å². The number of aliphatic hydroxyl groups is 1. The molecule has 2 rings (SSSR count). The monoisotopic (exact) mass is 497 g/mol. The first kappa shape index (κ1) is 29.2. The van der Waals surface area contributed by atoms with Crippen LogP contribution in [0.1, 0.15) is 65.7 Å². The van der Waals surface area contributed by atoms with Crippen LogP contribution in [0.25, 0.3) is 0 Å². The van der Waals surface area contributed by atoms with E-state index >= 15 is 0 Å². The van der Waals surface area contributed by atoms with Crippen LogP contribution < -0.4 is 5.32 Å². The summed E-state index contributed by atoms with van der Waals surface area (Å²) < 4.78 is 11.7. The summed E-state index contributed by atoms with van der Waals surface area (Å²) in [6.07, 6.45) is 14.2. The summed E-state index contributed by atoms with van der Waals surface area (Å²) in [4.78, 5) is 37.6. The molecule has 0 aromatic heterocycles. The Kier molecular flexibility index (Phi) is 12.3. The SMILES string of the molecule is C=C1C[C@@H]2CCCC(=O)C/C(C)=C\C=C\C(=O)O[C@H](C(=O)NC(O)/C=C\C=C\C)C/C(C)=C/[C@H](C1)O2. The molecule has 4 atom stereocenters. The number of nitrogens with one attached hydrogen (secondary N) is 1. The summed E-state index contributed by atoms with van der Waals surface area (Å²) in [5.74, 6) is -1.16. The molecule has 7 heteroatoms. The first-order chi connectivity index (χ1) is 17.2. The maximum absolute atomic E-state index is 12.9. The maximum Gasteiger partial charge on any atom is 0.331 e. The van der Waals surface area contributed by atoms with Gasteiger partial charge in [-0.25, -0.2) is 4.79 Å². The van der Waals surface area contributed by atoms with Crippen molar-refractivity contribution in [2.24, 2.45) is 0 Å². The van der Waals surface area contributed by atoms with Crippen molar-refractivity contribution >= 4 is 17.7 Å². The summed E-state index contributed by atoms with van der Waals surface area (Å²) in [5.41, 5.74) is 2.73. The zero-order valence-corrected chi connectivity index (χ0v) is 21.6. The van der Waals surface area contributed by atoms with E-state index in [0.717, 1.165) is 36.0 Å². The highest BCUT2D eigenvalue weighted by atomic mass is 16.5. The van der Waals surface area contributed by atoms with Gasteiger partial charge in [0.2, 0.25) is 0 Å². The van der Waals surface area contributed by atoms with E-state index in [1.165, 1.54) is 18.2 Å². The van der Waals surface area contributed by atoms with E-state index in [-0.39, 0.29) is 24.4 Å². The molecule has 0 spiro atoms. The molecule has 0 aliphatic carbocycles. The van der Waals surface area contributed by atoms with E-state index in [0.29, 0.717) is 19.3 Å². The molecule has 1 fully saturated rings. The lowest BCUT2D eigenvalue weighted by Crippen LogP contribution is -2.42. The van der Waals surface area contributed by atoms with Crippen LogP contribution in [0.2, 0.25) is 0 Å². The number of fused-ring (bicyclic) bond motifs is 2. The van der Waals surface area contributed by atoms with Crippen LogP contribution in [0.15, 0.2) is 71.9 Å². The van der Waals surface area contributed by atoms with Gasteiger partial charge >= 0.3 is 5.97 Å². The Bertz CT molecular complexity index is 955. The molecule has 2 bridgehead atoms. The standard InChI is InChI=1S/C29H39NO6/c1-5-6-7-13-27(32)30-29(34)26-19-22(4)18-25-17-21(3)16-24(35-25)12-9-11-23(31)15-20(2)10-8-14-28(33)36-26/h5-8,10,13-14,18,24-27,32H,3,9,11-12,15-17,19H2,1-2,4H3,(H,30,34)/b6-5+,13-7-,14-8+,20-10-,22-18+/t24-,25-,26-,27?/m0/s1. The highest BCUT2D eigenvalue weighted by Crippen LogP contribution is 2.28. The Labute approximate surface area is 214 Å². The van der Waals surface area contributed by atoms with Crippen LogP contribution in [0.3, 0.4) is 0 Å². The molecule has 1 unspecified atom stereocenters. The second-order valence-corrected chi connectivity index (χ2v) is 9.44. The molecule has 2 aliphatic rings. The fraction of sp³-hybridized carbons (Fsp3) is 0.483. The van der Waals surface area contributed by atoms with Gasteiger partial charge in [0.1, 0.15) is 12.0 Å². The van der Waals surface area contributed by atoms with Crippen LogP contribution in [-0.4, -0.2) is 47.3 Å². The largest absolute Gasteiger partial charge is 0.449 e. The molecule has 2 N–H and O–H groups in total. The normalized spacial score (nSPS) is 29.9. The molecule has 2 aliphatic heterocycles. The van der Waals surface area contributed by atoms with Gasteiger partial charge in [-0.05, 0) is 52.5 Å². The topological polar surface area (TPSA) is 102 Å². The molecule has 0 radical (unpaired) electrons. The minimum absolute atomic E-state index is 0.0115. The van der Waals surface area contributed by atoms with E-state index < -0.39 is 24.2 Å². The van der Waals surface area contributed by atoms with Crippen molar-refractivity contribution in [3.63, 3.8) is 0 Å². The zero-order valence-electron chi connectivity index (χ0n) is 21.6. The second-order valence-electron chi connectivity index (χ2n) is 9.44. The van der Waals surface area contributed by atoms with Gasteiger partial charge in [-0.3, -0.25) is 9.59 Å². The van der Waals surface area contributed by atoms with Gasteiger partial charge in [-0.15, -0.1) is 0 Å². The number of aliphatic hydroxyl groups excluding tert-OH is 1. The van der Waals surface area contributed by atoms with Crippen molar-refractivity contribution in [3.8, 4) is 0 Å². The van der Waals surface area contributed by atoms with Crippen molar-refractivity contribution in [3.05, 3.63) is 71.9 Å². The molecule has 1 saturated heterocycles. The van der Waals surface area contributed by atoms with Gasteiger partial charge in [0.25, 0.3) is 5.91 Å². The van der Waals surface area contributed by atoms with Crippen molar-refractivity contribution in [1.29, 1.82) is 0 Å². The quantitative estimate of drug-likeness (QED) is 0.256. The van der Waals surface area contributed by atoms with Crippen LogP contribution in [0.5, 0.6) is 0 Å². The number of carbonyl (C=O) groups excluding carboxylic acids is 3. The number of ether oxygens (including phenoxy) is 2. The molecular formula is C29H39NO6. The van der Waals surface area contributed by atoms with Crippen molar-refractivity contribution in [1.82, 2.24) is 5.32 Å². The number of allylic oxidation sites excluding steroid dienone is 6. The van der Waals surface area contributed by atoms with Crippen LogP contribution in [0, 0.1) is 0 Å². The smallest absolute Gasteiger partial charge is 0.331 e. The third-order valence-corrected chi connectivity index (χ3v) is 5.86. The molecule has 196 valence electrons. The van der Waals surface area contributed by atoms with E-state index in [9.17, 15) is 19.5 Å². The lowest BCUT2D eigenvalue weighted by molar-refractivity contribution is -0.152. The summed E-state index contributed by atoms with van der Waals surface area (Å²) in [6.45, 7) is 9.67. The molecule has 0 aromatic carbocycles. The molecule has 7 nitrogen and oxygen atoms in total. The predicted molar refractivity (Wildman–Crippen MR) is 140 cm³/mol. The third-order valence-electron chi connectivity index (χ3n) is 5.86. The minimum Gasteiger partial charge on any atom is -0.449 e. The van der Waals surface area contributed by atoms with Gasteiger partial charge in [-0.1, -0.05) is 59.8 Å². The van der Waals surface area contributed by atoms with Crippen LogP contribution in [-0.2, 0) is 23.9 Å². The molecule has 0 saturated carbocycles. The Balaban J connectivity index is 2.25. The van der Waals surface area contributed by atoms with Crippen molar-refractivity contribution < 1.29 is 29.0 Å². The second kappa shape index (κ2) is 15.2. The highest BCUT2D eigenvalue weighted by molar-refractivity contribution is 5.88. The number of cyclic esters (lactones) is 1. The summed E-state index contributed by atoms with van der Waals surface area (Å²) >= 11 is 0. The maximum atomic E-state index is 12.9. The van der Waals surface area contributed by atoms with E-state index in [2.05, 4.69) is 11.9 Å². The van der Waals surface area contributed by atoms with Gasteiger partial charge < -0.3 is 19.9 Å². The Morgan fingerprint density at radius 2 is 1.97 bits per heavy atom. The number of Topliss-reactive ketones (excluding diaryl/α,β-unsaturated/α-hetero) is 1. The number of carbonyl (C=O) groups is 3. The number of ketones is 1. The van der Waals surface area contributed by atoms with E-state index in [1.54, 1.807) is 24.3 Å². The molecule has 2 heterocycles. The summed E-state index contributed by atoms with van der Waals surface area (Å²) in [5, 5.41) is 12.6.